The third kappa shape index (κ3) is 1.58. The summed E-state index contributed by atoms with van der Waals surface area (Å²) in [5.41, 5.74) is 4.12. The molecule has 0 spiro atoms. The molecule has 0 saturated carbocycles. The number of hydrogen-bond acceptors (Lipinski definition) is 4. The number of hydrogen-bond donors (Lipinski definition) is 1. The molecule has 1 aromatic heterocycles. The molecule has 1 amide bonds. The highest BCUT2D eigenvalue weighted by Crippen LogP contribution is 2.50. The van der Waals surface area contributed by atoms with Crippen LogP contribution < -0.4 is 9.64 Å². The molecule has 0 aliphatic carbocycles. The number of anilines is 1. The lowest BCUT2D eigenvalue weighted by Gasteiger charge is -2.31. The van der Waals surface area contributed by atoms with Crippen molar-refractivity contribution in [1.29, 1.82) is 0 Å². The molecule has 1 saturated heterocycles. The van der Waals surface area contributed by atoms with Crippen LogP contribution in [0.15, 0.2) is 30.6 Å². The van der Waals surface area contributed by atoms with Crippen molar-refractivity contribution in [3.05, 3.63) is 42.0 Å². The van der Waals surface area contributed by atoms with E-state index in [-0.39, 0.29) is 6.61 Å². The summed E-state index contributed by atoms with van der Waals surface area (Å²) >= 11 is 0. The number of nitrogens with zero attached hydrogens (tertiary/aromatic N) is 2. The lowest BCUT2D eigenvalue weighted by atomic mass is 9.88. The second-order valence-electron chi connectivity index (χ2n) is 5.82. The Bertz CT molecular complexity index is 1010. The van der Waals surface area contributed by atoms with E-state index in [4.69, 9.17) is 9.47 Å². The van der Waals surface area contributed by atoms with Crippen molar-refractivity contribution >= 4 is 22.8 Å². The summed E-state index contributed by atoms with van der Waals surface area (Å²) in [7, 11) is 1.50. The molecule has 1 unspecified atom stereocenters. The van der Waals surface area contributed by atoms with Crippen molar-refractivity contribution in [2.24, 2.45) is 0 Å². The van der Waals surface area contributed by atoms with Crippen molar-refractivity contribution in [1.82, 2.24) is 9.97 Å². The number of carbonyl (C=O) groups is 1. The number of nitrogens with one attached hydrogen (secondary N) is 1. The molecule has 120 valence electrons. The van der Waals surface area contributed by atoms with Crippen LogP contribution in [0.5, 0.6) is 5.75 Å². The number of ether oxygens (including phenoxy) is 2. The Kier molecular flexibility index (Phi) is 2.49. The number of benzene rings is 2. The minimum atomic E-state index is -0.484. The van der Waals surface area contributed by atoms with Crippen LogP contribution in [0.4, 0.5) is 14.9 Å². The predicted molar refractivity (Wildman–Crippen MR) is 84.6 cm³/mol. The zero-order valence-corrected chi connectivity index (χ0v) is 12.7. The minimum absolute atomic E-state index is 0.118. The van der Waals surface area contributed by atoms with E-state index >= 15 is 0 Å². The largest absolute Gasteiger partial charge is 0.497 e. The first-order chi connectivity index (χ1) is 11.7. The monoisotopic (exact) mass is 325 g/mol. The van der Waals surface area contributed by atoms with Gasteiger partial charge in [0, 0.05) is 17.2 Å². The zero-order valence-electron chi connectivity index (χ0n) is 12.7. The van der Waals surface area contributed by atoms with Gasteiger partial charge in [-0.15, -0.1) is 0 Å². The molecule has 0 bridgehead atoms. The van der Waals surface area contributed by atoms with Crippen molar-refractivity contribution in [2.45, 2.75) is 6.04 Å². The van der Waals surface area contributed by atoms with Gasteiger partial charge in [0.05, 0.1) is 30.2 Å². The van der Waals surface area contributed by atoms with Crippen LogP contribution in [0.2, 0.25) is 0 Å². The summed E-state index contributed by atoms with van der Waals surface area (Å²) in [5, 5.41) is 0. The maximum Gasteiger partial charge on any atom is 0.415 e. The normalized spacial score (nSPS) is 18.2. The van der Waals surface area contributed by atoms with Gasteiger partial charge in [-0.1, -0.05) is 0 Å². The number of fused-ring (bicyclic) bond motifs is 7. The van der Waals surface area contributed by atoms with Crippen molar-refractivity contribution in [3.8, 4) is 16.9 Å². The van der Waals surface area contributed by atoms with Crippen molar-refractivity contribution < 1.29 is 18.7 Å². The van der Waals surface area contributed by atoms with E-state index in [0.29, 0.717) is 22.6 Å². The van der Waals surface area contributed by atoms with Crippen molar-refractivity contribution in [3.63, 3.8) is 0 Å². The van der Waals surface area contributed by atoms with Crippen LogP contribution in [0.3, 0.4) is 0 Å². The van der Waals surface area contributed by atoms with Gasteiger partial charge in [0.2, 0.25) is 0 Å². The average Bonchev–Trinajstić information content (AvgIpc) is 3.19. The average molecular weight is 325 g/mol. The number of cyclic esters (lactones) is 1. The molecule has 1 N–H and O–H groups in total. The number of halogens is 1. The summed E-state index contributed by atoms with van der Waals surface area (Å²) in [4.78, 5) is 21.0. The molecule has 3 heterocycles. The number of carbonyl (C=O) groups excluding carboxylic acids is 1. The second-order valence-corrected chi connectivity index (χ2v) is 5.82. The third-order valence-electron chi connectivity index (χ3n) is 4.63. The Balaban J connectivity index is 1.89. The van der Waals surface area contributed by atoms with Crippen LogP contribution >= 0.6 is 0 Å². The first-order valence-electron chi connectivity index (χ1n) is 7.48. The topological polar surface area (TPSA) is 67.5 Å². The molecule has 2 aromatic carbocycles. The summed E-state index contributed by atoms with van der Waals surface area (Å²) in [5.74, 6) is 0.0219. The van der Waals surface area contributed by atoms with E-state index in [1.54, 1.807) is 12.4 Å². The molecule has 24 heavy (non-hydrogen) atoms. The smallest absolute Gasteiger partial charge is 0.415 e. The highest BCUT2D eigenvalue weighted by atomic mass is 19.1. The van der Waals surface area contributed by atoms with E-state index < -0.39 is 18.0 Å². The predicted octanol–water partition coefficient (Wildman–Crippen LogP) is 3.39. The third-order valence-corrected chi connectivity index (χ3v) is 4.63. The molecule has 0 radical (unpaired) electrons. The Morgan fingerprint density at radius 3 is 3.04 bits per heavy atom. The molecule has 7 heteroatoms. The van der Waals surface area contributed by atoms with E-state index in [2.05, 4.69) is 9.97 Å². The number of aromatic amines is 1. The fourth-order valence-electron chi connectivity index (χ4n) is 3.56. The Morgan fingerprint density at radius 1 is 1.33 bits per heavy atom. The van der Waals surface area contributed by atoms with Gasteiger partial charge in [0.25, 0.3) is 0 Å². The summed E-state index contributed by atoms with van der Waals surface area (Å²) in [6.07, 6.45) is 1.11. The van der Waals surface area contributed by atoms with Gasteiger partial charge in [0.1, 0.15) is 24.2 Å². The number of amides is 1. The first-order valence-corrected chi connectivity index (χ1v) is 7.48. The van der Waals surface area contributed by atoms with Crippen molar-refractivity contribution in [2.75, 3.05) is 18.6 Å². The zero-order chi connectivity index (χ0) is 16.4. The van der Waals surface area contributed by atoms with E-state index in [1.165, 1.54) is 18.1 Å². The maximum atomic E-state index is 14.7. The fourth-order valence-corrected chi connectivity index (χ4v) is 3.56. The number of rotatable bonds is 1. The van der Waals surface area contributed by atoms with Crippen LogP contribution in [0, 0.1) is 5.82 Å². The Morgan fingerprint density at radius 2 is 2.21 bits per heavy atom. The Hall–Kier alpha value is -3.09. The van der Waals surface area contributed by atoms with E-state index in [0.717, 1.165) is 16.6 Å². The number of H-pyrrole nitrogens is 1. The van der Waals surface area contributed by atoms with Crippen LogP contribution in [0.25, 0.3) is 22.2 Å². The molecular formula is C17H12FN3O3. The SMILES string of the molecule is COc1cc(F)c2c(c1)-c1cc3[nH]cnc3cc1N1C(=O)OCC21. The molecule has 1 fully saturated rings. The molecule has 2 aliphatic rings. The van der Waals surface area contributed by atoms with Crippen LogP contribution in [-0.4, -0.2) is 29.8 Å². The lowest BCUT2D eigenvalue weighted by Crippen LogP contribution is -2.31. The lowest BCUT2D eigenvalue weighted by molar-refractivity contribution is 0.179. The van der Waals surface area contributed by atoms with Gasteiger partial charge < -0.3 is 14.5 Å². The summed E-state index contributed by atoms with van der Waals surface area (Å²) in [6, 6.07) is 6.33. The van der Waals surface area contributed by atoms with Gasteiger partial charge in [-0.2, -0.15) is 0 Å². The summed E-state index contributed by atoms with van der Waals surface area (Å²) < 4.78 is 25.1. The van der Waals surface area contributed by atoms with Gasteiger partial charge in [0.15, 0.2) is 0 Å². The van der Waals surface area contributed by atoms with Gasteiger partial charge in [-0.25, -0.2) is 14.2 Å². The highest BCUT2D eigenvalue weighted by Gasteiger charge is 2.43. The standard InChI is InChI=1S/C17H12FN3O3/c1-23-8-2-10-9-4-12-13(20-7-19-12)5-14(9)21-15(6-24-17(21)22)16(10)11(18)3-8/h2-5,7,15H,6H2,1H3,(H,19,20). The number of imidazole rings is 1. The Labute approximate surface area is 135 Å². The van der Waals surface area contributed by atoms with Gasteiger partial charge in [-0.3, -0.25) is 4.90 Å². The second kappa shape index (κ2) is 4.47. The quantitative estimate of drug-likeness (QED) is 0.745. The van der Waals surface area contributed by atoms with E-state index in [1.807, 2.05) is 12.1 Å². The minimum Gasteiger partial charge on any atom is -0.497 e. The first kappa shape index (κ1) is 13.4. The molecule has 5 rings (SSSR count). The van der Waals surface area contributed by atoms with Gasteiger partial charge >= 0.3 is 6.09 Å². The number of methoxy groups -OCH3 is 1. The molecular weight excluding hydrogens is 313 g/mol. The highest BCUT2D eigenvalue weighted by molar-refractivity contribution is 6.03. The maximum absolute atomic E-state index is 14.7. The molecule has 2 aliphatic heterocycles. The molecule has 3 aromatic rings. The van der Waals surface area contributed by atoms with Crippen LogP contribution in [0.1, 0.15) is 11.6 Å². The molecule has 6 nitrogen and oxygen atoms in total. The fraction of sp³-hybridized carbons (Fsp3) is 0.176. The van der Waals surface area contributed by atoms with E-state index in [9.17, 15) is 9.18 Å². The van der Waals surface area contributed by atoms with Crippen LogP contribution in [-0.2, 0) is 4.74 Å². The molecule has 1 atom stereocenters. The summed E-state index contributed by atoms with van der Waals surface area (Å²) in [6.45, 7) is 0.118. The number of aromatic nitrogens is 2. The van der Waals surface area contributed by atoms with Gasteiger partial charge in [-0.05, 0) is 23.8 Å².